The second kappa shape index (κ2) is 7.06. The molecule has 1 amide bonds. The number of hydrogen-bond donors (Lipinski definition) is 1. The summed E-state index contributed by atoms with van der Waals surface area (Å²) in [5.74, 6) is 0.234. The molecule has 1 fully saturated rings. The van der Waals surface area contributed by atoms with Gasteiger partial charge < -0.3 is 24.2 Å². The molecule has 0 bridgehead atoms. The number of carbonyl (C=O) groups excluding carboxylic acids is 1. The van der Waals surface area contributed by atoms with E-state index >= 15 is 0 Å². The molecule has 1 aromatic carbocycles. The molecule has 24 heavy (non-hydrogen) atoms. The van der Waals surface area contributed by atoms with Crippen LogP contribution in [0.15, 0.2) is 18.2 Å². The van der Waals surface area contributed by atoms with E-state index in [1.54, 1.807) is 35.0 Å². The number of carboxylic acid groups (broad SMARTS) is 1. The Bertz CT molecular complexity index is 635. The van der Waals surface area contributed by atoms with Crippen LogP contribution in [0.1, 0.15) is 10.4 Å². The Balaban J connectivity index is 1.61. The van der Waals surface area contributed by atoms with E-state index in [1.165, 1.54) is 0 Å². The van der Waals surface area contributed by atoms with Gasteiger partial charge in [-0.2, -0.15) is 0 Å². The molecule has 1 unspecified atom stereocenters. The molecular formula is C16H20N2O6. The first kappa shape index (κ1) is 16.5. The maximum Gasteiger partial charge on any atom is 0.317 e. The number of ether oxygens (including phenoxy) is 3. The van der Waals surface area contributed by atoms with Crippen LogP contribution in [0.2, 0.25) is 0 Å². The molecule has 0 radical (unpaired) electrons. The van der Waals surface area contributed by atoms with Crippen LogP contribution in [-0.2, 0) is 9.53 Å². The second-order valence-electron chi connectivity index (χ2n) is 5.90. The van der Waals surface area contributed by atoms with Crippen LogP contribution in [0, 0.1) is 0 Å². The summed E-state index contributed by atoms with van der Waals surface area (Å²) in [5, 5.41) is 8.81. The van der Waals surface area contributed by atoms with Crippen LogP contribution < -0.4 is 9.47 Å². The summed E-state index contributed by atoms with van der Waals surface area (Å²) in [6, 6.07) is 5.14. The average molecular weight is 336 g/mol. The number of likely N-dealkylation sites (N-methyl/N-ethyl adjacent to an activating group) is 1. The van der Waals surface area contributed by atoms with E-state index in [4.69, 9.17) is 19.3 Å². The van der Waals surface area contributed by atoms with E-state index in [9.17, 15) is 9.59 Å². The van der Waals surface area contributed by atoms with Crippen LogP contribution >= 0.6 is 0 Å². The van der Waals surface area contributed by atoms with Gasteiger partial charge in [-0.15, -0.1) is 0 Å². The van der Waals surface area contributed by atoms with E-state index in [1.807, 2.05) is 0 Å². The molecule has 0 aromatic heterocycles. The molecule has 2 aliphatic heterocycles. The fourth-order valence-corrected chi connectivity index (χ4v) is 2.87. The molecule has 1 N–H and O–H groups in total. The van der Waals surface area contributed by atoms with Crippen LogP contribution in [0.4, 0.5) is 0 Å². The van der Waals surface area contributed by atoms with Crippen LogP contribution in [-0.4, -0.2) is 79.5 Å². The molecule has 0 aliphatic carbocycles. The number of carbonyl (C=O) groups is 2. The van der Waals surface area contributed by atoms with E-state index < -0.39 is 5.97 Å². The van der Waals surface area contributed by atoms with Gasteiger partial charge in [-0.1, -0.05) is 0 Å². The first-order valence-corrected chi connectivity index (χ1v) is 7.74. The van der Waals surface area contributed by atoms with E-state index in [-0.39, 0.29) is 25.3 Å². The number of aliphatic carboxylic acids is 1. The summed E-state index contributed by atoms with van der Waals surface area (Å²) in [6.45, 7) is 1.93. The maximum atomic E-state index is 12.7. The minimum Gasteiger partial charge on any atom is -0.480 e. The smallest absolute Gasteiger partial charge is 0.317 e. The molecule has 8 heteroatoms. The second-order valence-corrected chi connectivity index (χ2v) is 5.90. The number of fused-ring (bicyclic) bond motifs is 1. The zero-order valence-corrected chi connectivity index (χ0v) is 13.4. The van der Waals surface area contributed by atoms with Crippen molar-refractivity contribution in [1.29, 1.82) is 0 Å². The Labute approximate surface area is 139 Å². The van der Waals surface area contributed by atoms with Crippen molar-refractivity contribution < 1.29 is 28.9 Å². The van der Waals surface area contributed by atoms with Gasteiger partial charge in [-0.3, -0.25) is 14.5 Å². The van der Waals surface area contributed by atoms with Crippen molar-refractivity contribution in [3.8, 4) is 11.5 Å². The minimum atomic E-state index is -0.887. The largest absolute Gasteiger partial charge is 0.480 e. The molecule has 2 heterocycles. The average Bonchev–Trinajstić information content (AvgIpc) is 3.01. The Morgan fingerprint density at radius 2 is 2.12 bits per heavy atom. The summed E-state index contributed by atoms with van der Waals surface area (Å²) in [5.41, 5.74) is 0.541. The standard InChI is InChI=1S/C16H20N2O6/c1-17(9-15(19)20)7-12-8-18(4-5-22-12)16(21)11-2-3-13-14(6-11)24-10-23-13/h2-3,6,12H,4-5,7-10H2,1H3,(H,19,20). The van der Waals surface area contributed by atoms with Gasteiger partial charge in [-0.05, 0) is 25.2 Å². The molecular weight excluding hydrogens is 316 g/mol. The highest BCUT2D eigenvalue weighted by Crippen LogP contribution is 2.32. The van der Waals surface area contributed by atoms with Crippen molar-refractivity contribution in [2.24, 2.45) is 0 Å². The monoisotopic (exact) mass is 336 g/mol. The number of benzene rings is 1. The van der Waals surface area contributed by atoms with Crippen LogP contribution in [0.5, 0.6) is 11.5 Å². The maximum absolute atomic E-state index is 12.7. The zero-order valence-electron chi connectivity index (χ0n) is 13.4. The van der Waals surface area contributed by atoms with Crippen molar-refractivity contribution in [3.05, 3.63) is 23.8 Å². The lowest BCUT2D eigenvalue weighted by molar-refractivity contribution is -0.138. The van der Waals surface area contributed by atoms with E-state index in [0.717, 1.165) is 0 Å². The van der Waals surface area contributed by atoms with Gasteiger partial charge in [0.15, 0.2) is 11.5 Å². The van der Waals surface area contributed by atoms with E-state index in [0.29, 0.717) is 43.3 Å². The number of morpholine rings is 1. The van der Waals surface area contributed by atoms with Gasteiger partial charge in [0.25, 0.3) is 5.91 Å². The van der Waals surface area contributed by atoms with Gasteiger partial charge in [0.05, 0.1) is 19.3 Å². The van der Waals surface area contributed by atoms with Gasteiger partial charge in [0, 0.05) is 25.2 Å². The van der Waals surface area contributed by atoms with Crippen molar-refractivity contribution in [2.75, 3.05) is 46.6 Å². The third-order valence-corrected chi connectivity index (χ3v) is 3.97. The molecule has 8 nitrogen and oxygen atoms in total. The highest BCUT2D eigenvalue weighted by molar-refractivity contribution is 5.95. The minimum absolute atomic E-state index is 0.0596. The lowest BCUT2D eigenvalue weighted by Gasteiger charge is -2.34. The summed E-state index contributed by atoms with van der Waals surface area (Å²) < 4.78 is 16.2. The normalized spacial score (nSPS) is 19.6. The number of hydrogen-bond acceptors (Lipinski definition) is 6. The summed E-state index contributed by atoms with van der Waals surface area (Å²) in [4.78, 5) is 26.8. The molecule has 3 rings (SSSR count). The highest BCUT2D eigenvalue weighted by Gasteiger charge is 2.27. The van der Waals surface area contributed by atoms with Gasteiger partial charge >= 0.3 is 5.97 Å². The fourth-order valence-electron chi connectivity index (χ4n) is 2.87. The summed E-state index contributed by atoms with van der Waals surface area (Å²) >= 11 is 0. The lowest BCUT2D eigenvalue weighted by atomic mass is 10.1. The third kappa shape index (κ3) is 3.77. The van der Waals surface area contributed by atoms with Gasteiger partial charge in [0.1, 0.15) is 0 Å². The predicted octanol–water partition coefficient (Wildman–Crippen LogP) is 0.273. The molecule has 0 spiro atoms. The Morgan fingerprint density at radius 1 is 1.33 bits per heavy atom. The molecule has 1 saturated heterocycles. The van der Waals surface area contributed by atoms with Crippen molar-refractivity contribution in [1.82, 2.24) is 9.80 Å². The Hall–Kier alpha value is -2.32. The first-order chi connectivity index (χ1) is 11.5. The Morgan fingerprint density at radius 3 is 2.92 bits per heavy atom. The number of rotatable bonds is 5. The third-order valence-electron chi connectivity index (χ3n) is 3.97. The number of nitrogens with zero attached hydrogens (tertiary/aromatic N) is 2. The van der Waals surface area contributed by atoms with Crippen LogP contribution in [0.3, 0.4) is 0 Å². The first-order valence-electron chi connectivity index (χ1n) is 7.74. The molecule has 1 atom stereocenters. The van der Waals surface area contributed by atoms with Crippen molar-refractivity contribution in [2.45, 2.75) is 6.10 Å². The summed E-state index contributed by atoms with van der Waals surface area (Å²) in [7, 11) is 1.72. The zero-order chi connectivity index (χ0) is 17.1. The SMILES string of the molecule is CN(CC(=O)O)CC1CN(C(=O)c2ccc3c(c2)OCO3)CCO1. The number of amides is 1. The molecule has 2 aliphatic rings. The van der Waals surface area contributed by atoms with Crippen molar-refractivity contribution in [3.63, 3.8) is 0 Å². The number of carboxylic acids is 1. The van der Waals surface area contributed by atoms with Crippen molar-refractivity contribution >= 4 is 11.9 Å². The molecule has 1 aromatic rings. The summed E-state index contributed by atoms with van der Waals surface area (Å²) in [6.07, 6.45) is -0.207. The molecule has 0 saturated carbocycles. The fraction of sp³-hybridized carbons (Fsp3) is 0.500. The van der Waals surface area contributed by atoms with Gasteiger partial charge in [-0.25, -0.2) is 0 Å². The lowest BCUT2D eigenvalue weighted by Crippen LogP contribution is -2.49. The molecule has 130 valence electrons. The quantitative estimate of drug-likeness (QED) is 0.826. The highest BCUT2D eigenvalue weighted by atomic mass is 16.7. The topological polar surface area (TPSA) is 88.5 Å². The Kier molecular flexibility index (Phi) is 4.86. The predicted molar refractivity (Wildman–Crippen MR) is 83.3 cm³/mol. The van der Waals surface area contributed by atoms with Gasteiger partial charge in [0.2, 0.25) is 6.79 Å². The van der Waals surface area contributed by atoms with Crippen LogP contribution in [0.25, 0.3) is 0 Å². The van der Waals surface area contributed by atoms with E-state index in [2.05, 4.69) is 0 Å².